The summed E-state index contributed by atoms with van der Waals surface area (Å²) >= 11 is 0. The van der Waals surface area contributed by atoms with E-state index in [1.165, 1.54) is 25.8 Å². The van der Waals surface area contributed by atoms with Crippen molar-refractivity contribution in [3.63, 3.8) is 0 Å². The first kappa shape index (κ1) is 12.5. The molecule has 3 nitrogen and oxygen atoms in total. The zero-order valence-electron chi connectivity index (χ0n) is 9.74. The van der Waals surface area contributed by atoms with E-state index in [9.17, 15) is 4.79 Å². The number of unbranched alkanes of at least 4 members (excludes halogenated alkanes) is 1. The van der Waals surface area contributed by atoms with Crippen molar-refractivity contribution < 1.29 is 9.90 Å². The Morgan fingerprint density at radius 2 is 2.13 bits per heavy atom. The van der Waals surface area contributed by atoms with Crippen LogP contribution in [0.15, 0.2) is 0 Å². The van der Waals surface area contributed by atoms with Gasteiger partial charge in [0.1, 0.15) is 0 Å². The van der Waals surface area contributed by atoms with Crippen LogP contribution in [0.25, 0.3) is 0 Å². The van der Waals surface area contributed by atoms with Gasteiger partial charge in [-0.15, -0.1) is 0 Å². The minimum atomic E-state index is -0.669. The van der Waals surface area contributed by atoms with E-state index in [0.29, 0.717) is 6.42 Å². The van der Waals surface area contributed by atoms with Gasteiger partial charge in [-0.25, -0.2) is 0 Å². The SMILES string of the molecule is CCN(CCCCC(=O)O)CC1CCC1. The second-order valence-corrected chi connectivity index (χ2v) is 4.54. The van der Waals surface area contributed by atoms with E-state index in [1.54, 1.807) is 0 Å². The number of hydrogen-bond donors (Lipinski definition) is 1. The lowest BCUT2D eigenvalue weighted by molar-refractivity contribution is -0.137. The quantitative estimate of drug-likeness (QED) is 0.629. The Morgan fingerprint density at radius 3 is 2.60 bits per heavy atom. The molecule has 1 rings (SSSR count). The Balaban J connectivity index is 2.02. The van der Waals surface area contributed by atoms with Gasteiger partial charge in [0, 0.05) is 13.0 Å². The molecule has 0 radical (unpaired) electrons. The van der Waals surface area contributed by atoms with Crippen molar-refractivity contribution >= 4 is 5.97 Å². The first-order valence-electron chi connectivity index (χ1n) is 6.16. The lowest BCUT2D eigenvalue weighted by atomic mass is 9.85. The van der Waals surface area contributed by atoms with Crippen LogP contribution < -0.4 is 0 Å². The van der Waals surface area contributed by atoms with Gasteiger partial charge in [0.2, 0.25) is 0 Å². The molecule has 0 aliphatic heterocycles. The maximum atomic E-state index is 10.3. The third-order valence-electron chi connectivity index (χ3n) is 3.30. The third kappa shape index (κ3) is 5.17. The van der Waals surface area contributed by atoms with Gasteiger partial charge >= 0.3 is 5.97 Å². The van der Waals surface area contributed by atoms with Crippen LogP contribution in [0.4, 0.5) is 0 Å². The zero-order chi connectivity index (χ0) is 11.1. The summed E-state index contributed by atoms with van der Waals surface area (Å²) in [7, 11) is 0. The Labute approximate surface area is 92.5 Å². The van der Waals surface area contributed by atoms with Gasteiger partial charge in [0.05, 0.1) is 0 Å². The van der Waals surface area contributed by atoms with Crippen molar-refractivity contribution in [3.8, 4) is 0 Å². The molecule has 0 aromatic carbocycles. The Hall–Kier alpha value is -0.570. The summed E-state index contributed by atoms with van der Waals surface area (Å²) in [4.78, 5) is 12.8. The summed E-state index contributed by atoms with van der Waals surface area (Å²) in [5, 5.41) is 8.51. The first-order chi connectivity index (χ1) is 7.22. The first-order valence-corrected chi connectivity index (χ1v) is 6.16. The molecule has 0 heterocycles. The van der Waals surface area contributed by atoms with Crippen molar-refractivity contribution in [2.24, 2.45) is 5.92 Å². The second-order valence-electron chi connectivity index (χ2n) is 4.54. The van der Waals surface area contributed by atoms with Crippen molar-refractivity contribution in [2.45, 2.75) is 45.4 Å². The predicted molar refractivity (Wildman–Crippen MR) is 60.9 cm³/mol. The largest absolute Gasteiger partial charge is 0.481 e. The van der Waals surface area contributed by atoms with Gasteiger partial charge in [-0.1, -0.05) is 13.3 Å². The van der Waals surface area contributed by atoms with Gasteiger partial charge in [-0.05, 0) is 44.7 Å². The smallest absolute Gasteiger partial charge is 0.303 e. The van der Waals surface area contributed by atoms with Crippen LogP contribution >= 0.6 is 0 Å². The summed E-state index contributed by atoms with van der Waals surface area (Å²) in [6.45, 7) is 5.59. The van der Waals surface area contributed by atoms with E-state index in [1.807, 2.05) is 0 Å². The molecule has 0 aromatic rings. The molecule has 0 spiro atoms. The van der Waals surface area contributed by atoms with E-state index < -0.39 is 5.97 Å². The monoisotopic (exact) mass is 213 g/mol. The highest BCUT2D eigenvalue weighted by atomic mass is 16.4. The lowest BCUT2D eigenvalue weighted by Gasteiger charge is -2.31. The molecule has 0 bridgehead atoms. The van der Waals surface area contributed by atoms with Crippen LogP contribution in [-0.4, -0.2) is 35.6 Å². The number of rotatable bonds is 8. The van der Waals surface area contributed by atoms with Crippen LogP contribution in [0.5, 0.6) is 0 Å². The number of nitrogens with zero attached hydrogens (tertiary/aromatic N) is 1. The highest BCUT2D eigenvalue weighted by Crippen LogP contribution is 2.27. The molecule has 0 atom stereocenters. The highest BCUT2D eigenvalue weighted by Gasteiger charge is 2.19. The molecule has 88 valence electrons. The average Bonchev–Trinajstić information content (AvgIpc) is 2.13. The molecule has 1 saturated carbocycles. The van der Waals surface area contributed by atoms with Gasteiger partial charge in [0.15, 0.2) is 0 Å². The molecule has 1 N–H and O–H groups in total. The zero-order valence-corrected chi connectivity index (χ0v) is 9.74. The molecule has 3 heteroatoms. The van der Waals surface area contributed by atoms with E-state index >= 15 is 0 Å². The van der Waals surface area contributed by atoms with Crippen LogP contribution in [0.1, 0.15) is 45.4 Å². The van der Waals surface area contributed by atoms with E-state index in [4.69, 9.17) is 5.11 Å². The molecule has 1 aliphatic rings. The van der Waals surface area contributed by atoms with Crippen LogP contribution in [0.2, 0.25) is 0 Å². The standard InChI is InChI=1S/C12H23NO2/c1-2-13(10-11-6-5-7-11)9-4-3-8-12(14)15/h11H,2-10H2,1H3,(H,14,15). The maximum Gasteiger partial charge on any atom is 0.303 e. The molecule has 0 aromatic heterocycles. The number of aliphatic carboxylic acids is 1. The van der Waals surface area contributed by atoms with E-state index in [2.05, 4.69) is 11.8 Å². The van der Waals surface area contributed by atoms with Gasteiger partial charge < -0.3 is 10.0 Å². The normalized spacial score (nSPS) is 16.7. The summed E-state index contributed by atoms with van der Waals surface area (Å²) in [6, 6.07) is 0. The summed E-state index contributed by atoms with van der Waals surface area (Å²) in [5.41, 5.74) is 0. The molecule has 1 aliphatic carbocycles. The van der Waals surface area contributed by atoms with Crippen LogP contribution in [0, 0.1) is 5.92 Å². The van der Waals surface area contributed by atoms with Gasteiger partial charge in [-0.2, -0.15) is 0 Å². The molecule has 0 saturated heterocycles. The third-order valence-corrected chi connectivity index (χ3v) is 3.30. The van der Waals surface area contributed by atoms with E-state index in [0.717, 1.165) is 31.8 Å². The molecular weight excluding hydrogens is 190 g/mol. The van der Waals surface area contributed by atoms with Crippen molar-refractivity contribution in [1.29, 1.82) is 0 Å². The molecule has 0 amide bonds. The van der Waals surface area contributed by atoms with Crippen molar-refractivity contribution in [1.82, 2.24) is 4.90 Å². The Morgan fingerprint density at radius 1 is 1.40 bits per heavy atom. The van der Waals surface area contributed by atoms with Crippen molar-refractivity contribution in [2.75, 3.05) is 19.6 Å². The van der Waals surface area contributed by atoms with Crippen molar-refractivity contribution in [3.05, 3.63) is 0 Å². The van der Waals surface area contributed by atoms with Crippen LogP contribution in [-0.2, 0) is 4.79 Å². The molecular formula is C12H23NO2. The van der Waals surface area contributed by atoms with Gasteiger partial charge in [0.25, 0.3) is 0 Å². The number of hydrogen-bond acceptors (Lipinski definition) is 2. The molecule has 0 unspecified atom stereocenters. The predicted octanol–water partition coefficient (Wildman–Crippen LogP) is 2.36. The summed E-state index contributed by atoms with van der Waals surface area (Å²) < 4.78 is 0. The fourth-order valence-corrected chi connectivity index (χ4v) is 2.03. The fourth-order valence-electron chi connectivity index (χ4n) is 2.03. The molecule has 15 heavy (non-hydrogen) atoms. The lowest BCUT2D eigenvalue weighted by Crippen LogP contribution is -2.33. The highest BCUT2D eigenvalue weighted by molar-refractivity contribution is 5.66. The Kier molecular flexibility index (Phi) is 5.69. The number of carboxylic acid groups (broad SMARTS) is 1. The van der Waals surface area contributed by atoms with E-state index in [-0.39, 0.29) is 0 Å². The second kappa shape index (κ2) is 6.83. The Bertz CT molecular complexity index is 190. The number of carbonyl (C=O) groups is 1. The fraction of sp³-hybridized carbons (Fsp3) is 0.917. The van der Waals surface area contributed by atoms with Crippen LogP contribution in [0.3, 0.4) is 0 Å². The minimum Gasteiger partial charge on any atom is -0.481 e. The van der Waals surface area contributed by atoms with Gasteiger partial charge in [-0.3, -0.25) is 4.79 Å². The number of carboxylic acids is 1. The minimum absolute atomic E-state index is 0.320. The summed E-state index contributed by atoms with van der Waals surface area (Å²) in [5.74, 6) is 0.251. The average molecular weight is 213 g/mol. The molecule has 1 fully saturated rings. The maximum absolute atomic E-state index is 10.3. The topological polar surface area (TPSA) is 40.5 Å². The summed E-state index contributed by atoms with van der Waals surface area (Å²) in [6.07, 6.45) is 6.35.